The van der Waals surface area contributed by atoms with Crippen LogP contribution in [-0.4, -0.2) is 57.7 Å². The van der Waals surface area contributed by atoms with Crippen LogP contribution in [0.2, 0.25) is 16.4 Å². The lowest BCUT2D eigenvalue weighted by Crippen LogP contribution is -2.66. The van der Waals surface area contributed by atoms with Gasteiger partial charge in [-0.1, -0.05) is 123 Å². The molecule has 0 saturated carbocycles. The first-order valence-corrected chi connectivity index (χ1v) is 20.7. The Morgan fingerprint density at radius 2 is 1.55 bits per heavy atom. The summed E-state index contributed by atoms with van der Waals surface area (Å²) in [7, 11) is -7.72. The van der Waals surface area contributed by atoms with Crippen molar-refractivity contribution in [3.05, 3.63) is 136 Å². The lowest BCUT2D eigenvalue weighted by molar-refractivity contribution is 0.170. The molecule has 0 bridgehead atoms. The molecular weight excluding hydrogens is 671 g/mol. The Balaban J connectivity index is 1.38. The lowest BCUT2D eigenvalue weighted by Gasteiger charge is -2.43. The minimum absolute atomic E-state index is 0.00137. The first-order valence-electron chi connectivity index (χ1n) is 16.7. The fourth-order valence-electron chi connectivity index (χ4n) is 7.42. The molecule has 254 valence electrons. The molecule has 4 aromatic rings. The molecule has 0 aliphatic carbocycles. The first-order chi connectivity index (χ1) is 23.4. The largest absolute Gasteiger partial charge is 0.508 e. The van der Waals surface area contributed by atoms with Gasteiger partial charge in [-0.2, -0.15) is 0 Å². The second-order valence-corrected chi connectivity index (χ2v) is 20.8. The number of phenolic OH excluding ortho intramolecular Hbond substituents is 1. The molecule has 2 aliphatic heterocycles. The summed E-state index contributed by atoms with van der Waals surface area (Å²) < 4.78 is 40.8. The number of sulfone groups is 1. The van der Waals surface area contributed by atoms with Crippen LogP contribution in [0.4, 0.5) is 0 Å². The highest BCUT2D eigenvalue weighted by molar-refractivity contribution is 7.92. The van der Waals surface area contributed by atoms with E-state index in [1.807, 2.05) is 72.8 Å². The third-order valence-electron chi connectivity index (χ3n) is 9.66. The van der Waals surface area contributed by atoms with E-state index >= 15 is 0 Å². The summed E-state index contributed by atoms with van der Waals surface area (Å²) in [5, 5.41) is 22.3. The van der Waals surface area contributed by atoms with E-state index in [4.69, 9.17) is 20.7 Å². The van der Waals surface area contributed by atoms with Crippen molar-refractivity contribution < 1.29 is 27.6 Å². The molecule has 6 rings (SSSR count). The zero-order chi connectivity index (χ0) is 34.8. The number of rotatable bonds is 10. The van der Waals surface area contributed by atoms with Gasteiger partial charge in [0.15, 0.2) is 9.84 Å². The van der Waals surface area contributed by atoms with Crippen molar-refractivity contribution in [2.24, 2.45) is 0 Å². The summed E-state index contributed by atoms with van der Waals surface area (Å²) in [5.41, 5.74) is 4.16. The van der Waals surface area contributed by atoms with Crippen molar-refractivity contribution in [1.82, 2.24) is 0 Å². The Morgan fingerprint density at radius 1 is 0.959 bits per heavy atom. The van der Waals surface area contributed by atoms with Crippen LogP contribution in [0.1, 0.15) is 44.7 Å². The summed E-state index contributed by atoms with van der Waals surface area (Å²) in [6.07, 6.45) is 2.34. The molecule has 10 heteroatoms. The number of phenols is 1. The summed E-state index contributed by atoms with van der Waals surface area (Å²) in [4.78, 5) is 0. The van der Waals surface area contributed by atoms with Crippen LogP contribution in [0.5, 0.6) is 5.75 Å². The van der Waals surface area contributed by atoms with Crippen LogP contribution in [0.3, 0.4) is 0 Å². The molecule has 4 aromatic carbocycles. The van der Waals surface area contributed by atoms with Crippen molar-refractivity contribution in [3.63, 3.8) is 0 Å². The van der Waals surface area contributed by atoms with Gasteiger partial charge in [-0.3, -0.25) is 0 Å². The predicted octanol–water partition coefficient (Wildman–Crippen LogP) is 6.92. The molecule has 2 aliphatic rings. The number of hydrogen-bond acceptors (Lipinski definition) is 6. The minimum Gasteiger partial charge on any atom is -0.508 e. The number of halogens is 1. The zero-order valence-corrected chi connectivity index (χ0v) is 30.6. The second kappa shape index (κ2) is 14.4. The summed E-state index contributed by atoms with van der Waals surface area (Å²) in [5.74, 6) is -0.0383. The monoisotopic (exact) mass is 712 g/mol. The molecule has 1 saturated heterocycles. The third-order valence-corrected chi connectivity index (χ3v) is 17.0. The van der Waals surface area contributed by atoms with Gasteiger partial charge in [0.25, 0.3) is 8.32 Å². The van der Waals surface area contributed by atoms with Gasteiger partial charge in [0, 0.05) is 6.32 Å². The normalized spacial score (nSPS) is 19.6. The Bertz CT molecular complexity index is 1910. The Morgan fingerprint density at radius 3 is 2.12 bits per heavy atom. The number of fused-ring (bicyclic) bond motifs is 1. The van der Waals surface area contributed by atoms with Gasteiger partial charge in [-0.15, -0.1) is 0 Å². The van der Waals surface area contributed by atoms with E-state index in [0.717, 1.165) is 38.2 Å². The highest BCUT2D eigenvalue weighted by Crippen LogP contribution is 2.42. The van der Waals surface area contributed by atoms with Gasteiger partial charge in [0.05, 0.1) is 28.7 Å². The molecule has 2 N–H and O–H groups in total. The SMILES string of the molecule is CC(C)(C)[Si](OCC1=C2[C@@H](CC/C(=C/c3ccc(O)cc3Cl)c3ccccc3)OB(O)C[C@@H]2S(=O)(=O)C1)(c1ccccc1)c1ccccc1. The summed E-state index contributed by atoms with van der Waals surface area (Å²) >= 11 is 6.50. The predicted molar refractivity (Wildman–Crippen MR) is 202 cm³/mol. The van der Waals surface area contributed by atoms with E-state index in [1.165, 1.54) is 6.07 Å². The molecule has 0 aromatic heterocycles. The topological polar surface area (TPSA) is 93.1 Å². The van der Waals surface area contributed by atoms with Gasteiger partial charge < -0.3 is 19.2 Å². The number of aromatic hydroxyl groups is 1. The number of allylic oxidation sites excluding steroid dienone is 1. The summed E-state index contributed by atoms with van der Waals surface area (Å²) in [6.45, 7) is 6.75. The van der Waals surface area contributed by atoms with Gasteiger partial charge >= 0.3 is 7.12 Å². The van der Waals surface area contributed by atoms with Crippen LogP contribution >= 0.6 is 11.6 Å². The van der Waals surface area contributed by atoms with Crippen LogP contribution < -0.4 is 10.4 Å². The number of hydrogen-bond donors (Lipinski definition) is 2. The highest BCUT2D eigenvalue weighted by Gasteiger charge is 2.52. The molecule has 1 fully saturated rings. The molecule has 6 nitrogen and oxygen atoms in total. The van der Waals surface area contributed by atoms with Crippen LogP contribution in [0.15, 0.2) is 120 Å². The molecule has 2 heterocycles. The van der Waals surface area contributed by atoms with E-state index in [9.17, 15) is 18.5 Å². The molecular formula is C39H42BClO6SSi. The van der Waals surface area contributed by atoms with E-state index < -0.39 is 36.6 Å². The van der Waals surface area contributed by atoms with E-state index in [1.54, 1.807) is 12.1 Å². The highest BCUT2D eigenvalue weighted by atomic mass is 35.5. The van der Waals surface area contributed by atoms with E-state index in [-0.39, 0.29) is 29.5 Å². The van der Waals surface area contributed by atoms with Crippen LogP contribution in [-0.2, 0) is 18.9 Å². The maximum absolute atomic E-state index is 13.7. The fourth-order valence-corrected chi connectivity index (χ4v) is 14.3. The van der Waals surface area contributed by atoms with Gasteiger partial charge in [-0.05, 0) is 80.4 Å². The van der Waals surface area contributed by atoms with Crippen molar-refractivity contribution in [1.29, 1.82) is 0 Å². The Kier molecular flexibility index (Phi) is 10.4. The van der Waals surface area contributed by atoms with Crippen molar-refractivity contribution in [2.45, 2.75) is 56.3 Å². The second-order valence-electron chi connectivity index (χ2n) is 13.9. The molecule has 2 atom stereocenters. The quantitative estimate of drug-likeness (QED) is 0.105. The van der Waals surface area contributed by atoms with Crippen LogP contribution in [0.25, 0.3) is 11.6 Å². The van der Waals surface area contributed by atoms with Crippen molar-refractivity contribution >= 4 is 58.9 Å². The van der Waals surface area contributed by atoms with Crippen LogP contribution in [0, 0.1) is 0 Å². The molecule has 0 unspecified atom stereocenters. The average molecular weight is 713 g/mol. The minimum atomic E-state index is -3.58. The number of benzene rings is 4. The van der Waals surface area contributed by atoms with Crippen molar-refractivity contribution in [2.75, 3.05) is 12.4 Å². The van der Waals surface area contributed by atoms with Gasteiger partial charge in [0.2, 0.25) is 0 Å². The van der Waals surface area contributed by atoms with E-state index in [2.05, 4.69) is 45.0 Å². The maximum Gasteiger partial charge on any atom is 0.456 e. The molecule has 49 heavy (non-hydrogen) atoms. The molecule has 0 radical (unpaired) electrons. The zero-order valence-electron chi connectivity index (χ0n) is 28.1. The molecule has 0 spiro atoms. The Hall–Kier alpha value is -3.44. The molecule has 0 amide bonds. The average Bonchev–Trinajstić information content (AvgIpc) is 3.34. The van der Waals surface area contributed by atoms with Crippen molar-refractivity contribution in [3.8, 4) is 5.75 Å². The lowest BCUT2D eigenvalue weighted by atomic mass is 9.74. The maximum atomic E-state index is 13.7. The van der Waals surface area contributed by atoms with E-state index in [0.29, 0.717) is 17.9 Å². The smallest absolute Gasteiger partial charge is 0.456 e. The first kappa shape index (κ1) is 35.4. The summed E-state index contributed by atoms with van der Waals surface area (Å²) in [6, 6.07) is 35.4. The Labute approximate surface area is 296 Å². The third kappa shape index (κ3) is 7.38. The van der Waals surface area contributed by atoms with Gasteiger partial charge in [0.1, 0.15) is 5.75 Å². The standard InChI is InChI=1S/C39H42BClO6SSi/c1-39(2,3)49(33-15-9-5-10-16-33,34-17-11-6-12-18-34)46-26-31-27-48(44,45)37-25-40(43)47-36(38(31)37)22-20-29(28-13-7-4-8-14-28)23-30-19-21-32(42)24-35(30)41/h4-19,21,23-24,36-37,42-43H,20,22,25-27H2,1-3H3/b29-23-/t36-,37+/m1/s1. The van der Waals surface area contributed by atoms with Gasteiger partial charge in [-0.25, -0.2) is 8.42 Å². The fraction of sp³-hybridized carbons (Fsp3) is 0.282.